The monoisotopic (exact) mass is 292 g/mol. The number of benzene rings is 2. The molecule has 3 rings (SSSR count). The van der Waals surface area contributed by atoms with Gasteiger partial charge in [-0.25, -0.2) is 4.79 Å². The van der Waals surface area contributed by atoms with Crippen molar-refractivity contribution < 1.29 is 9.53 Å². The molecule has 96 valence electrons. The Labute approximate surface area is 120 Å². The van der Waals surface area contributed by atoms with Crippen LogP contribution < -0.4 is 0 Å². The summed E-state index contributed by atoms with van der Waals surface area (Å²) in [5.41, 5.74) is 2.15. The SMILES string of the molecule is O=C1OC(C(Cl)c2ccccc2Cl)c2ccccc21. The predicted molar refractivity (Wildman–Crippen MR) is 74.6 cm³/mol. The van der Waals surface area contributed by atoms with Crippen LogP contribution >= 0.6 is 23.2 Å². The van der Waals surface area contributed by atoms with Crippen LogP contribution in [-0.4, -0.2) is 5.97 Å². The second kappa shape index (κ2) is 4.87. The lowest BCUT2D eigenvalue weighted by molar-refractivity contribution is 0.0376. The van der Waals surface area contributed by atoms with Gasteiger partial charge in [-0.3, -0.25) is 0 Å². The molecule has 4 heteroatoms. The van der Waals surface area contributed by atoms with E-state index in [0.717, 1.165) is 11.1 Å². The van der Waals surface area contributed by atoms with E-state index in [9.17, 15) is 4.79 Å². The Hall–Kier alpha value is -1.51. The smallest absolute Gasteiger partial charge is 0.339 e. The quantitative estimate of drug-likeness (QED) is 0.600. The van der Waals surface area contributed by atoms with E-state index in [1.165, 1.54) is 0 Å². The lowest BCUT2D eigenvalue weighted by Crippen LogP contribution is -2.06. The van der Waals surface area contributed by atoms with E-state index < -0.39 is 11.5 Å². The lowest BCUT2D eigenvalue weighted by Gasteiger charge is -2.18. The lowest BCUT2D eigenvalue weighted by atomic mass is 9.99. The van der Waals surface area contributed by atoms with Gasteiger partial charge < -0.3 is 4.74 Å². The Kier molecular flexibility index (Phi) is 3.21. The van der Waals surface area contributed by atoms with Crippen LogP contribution in [-0.2, 0) is 4.74 Å². The van der Waals surface area contributed by atoms with Gasteiger partial charge in [-0.15, -0.1) is 11.6 Å². The van der Waals surface area contributed by atoms with Crippen LogP contribution in [0.4, 0.5) is 0 Å². The van der Waals surface area contributed by atoms with Gasteiger partial charge in [-0.05, 0) is 17.7 Å². The molecule has 2 aromatic rings. The van der Waals surface area contributed by atoms with E-state index in [4.69, 9.17) is 27.9 Å². The highest BCUT2D eigenvalue weighted by Crippen LogP contribution is 2.44. The molecule has 2 aromatic carbocycles. The highest BCUT2D eigenvalue weighted by Gasteiger charge is 2.36. The van der Waals surface area contributed by atoms with Gasteiger partial charge in [0.1, 0.15) is 11.5 Å². The molecule has 0 fully saturated rings. The Balaban J connectivity index is 2.01. The molecule has 2 nitrogen and oxygen atoms in total. The minimum Gasteiger partial charge on any atom is -0.452 e. The van der Waals surface area contributed by atoms with Crippen molar-refractivity contribution in [1.82, 2.24) is 0 Å². The number of carbonyl (C=O) groups excluding carboxylic acids is 1. The zero-order valence-electron chi connectivity index (χ0n) is 9.85. The van der Waals surface area contributed by atoms with Crippen molar-refractivity contribution in [2.45, 2.75) is 11.5 Å². The summed E-state index contributed by atoms with van der Waals surface area (Å²) in [6.45, 7) is 0. The standard InChI is InChI=1S/C15H10Cl2O2/c16-12-8-4-3-7-11(12)13(17)14-9-5-1-2-6-10(9)15(18)19-14/h1-8,13-14H. The maximum absolute atomic E-state index is 11.8. The van der Waals surface area contributed by atoms with Crippen molar-refractivity contribution in [3.8, 4) is 0 Å². The minimum atomic E-state index is -0.499. The van der Waals surface area contributed by atoms with Crippen molar-refractivity contribution in [2.24, 2.45) is 0 Å². The van der Waals surface area contributed by atoms with Gasteiger partial charge in [0.05, 0.1) is 5.56 Å². The fourth-order valence-electron chi connectivity index (χ4n) is 2.25. The van der Waals surface area contributed by atoms with Crippen LogP contribution in [0.25, 0.3) is 0 Å². The first-order chi connectivity index (χ1) is 9.18. The van der Waals surface area contributed by atoms with Gasteiger partial charge in [0, 0.05) is 10.6 Å². The molecule has 2 unspecified atom stereocenters. The van der Waals surface area contributed by atoms with Crippen molar-refractivity contribution >= 4 is 29.2 Å². The van der Waals surface area contributed by atoms with E-state index in [-0.39, 0.29) is 5.97 Å². The van der Waals surface area contributed by atoms with Gasteiger partial charge in [-0.2, -0.15) is 0 Å². The average molecular weight is 293 g/mol. The van der Waals surface area contributed by atoms with E-state index in [1.807, 2.05) is 30.3 Å². The van der Waals surface area contributed by atoms with E-state index in [2.05, 4.69) is 0 Å². The molecule has 2 atom stereocenters. The molecule has 1 aliphatic heterocycles. The minimum absolute atomic E-state index is 0.335. The number of cyclic esters (lactones) is 1. The molecular weight excluding hydrogens is 283 g/mol. The number of alkyl halides is 1. The Morgan fingerprint density at radius 1 is 1.05 bits per heavy atom. The van der Waals surface area contributed by atoms with Crippen LogP contribution in [0.2, 0.25) is 5.02 Å². The van der Waals surface area contributed by atoms with E-state index in [1.54, 1.807) is 18.2 Å². The number of rotatable bonds is 2. The van der Waals surface area contributed by atoms with Crippen molar-refractivity contribution in [2.75, 3.05) is 0 Å². The third kappa shape index (κ3) is 2.11. The fraction of sp³-hybridized carbons (Fsp3) is 0.133. The maximum atomic E-state index is 11.8. The molecule has 0 spiro atoms. The Morgan fingerprint density at radius 2 is 1.74 bits per heavy atom. The molecule has 19 heavy (non-hydrogen) atoms. The third-order valence-electron chi connectivity index (χ3n) is 3.19. The molecule has 0 radical (unpaired) electrons. The molecule has 1 aliphatic rings. The van der Waals surface area contributed by atoms with Crippen LogP contribution in [0, 0.1) is 0 Å². The van der Waals surface area contributed by atoms with Crippen molar-refractivity contribution in [3.63, 3.8) is 0 Å². The van der Waals surface area contributed by atoms with E-state index in [0.29, 0.717) is 10.6 Å². The molecule has 0 saturated carbocycles. The van der Waals surface area contributed by atoms with Crippen LogP contribution in [0.1, 0.15) is 33.0 Å². The predicted octanol–water partition coefficient (Wildman–Crippen LogP) is 4.53. The van der Waals surface area contributed by atoms with Crippen molar-refractivity contribution in [3.05, 3.63) is 70.2 Å². The summed E-state index contributed by atoms with van der Waals surface area (Å²) in [6, 6.07) is 14.6. The largest absolute Gasteiger partial charge is 0.452 e. The van der Waals surface area contributed by atoms with Crippen LogP contribution in [0.5, 0.6) is 0 Å². The molecule has 0 aromatic heterocycles. The summed E-state index contributed by atoms with van der Waals surface area (Å²) < 4.78 is 5.37. The molecule has 0 saturated heterocycles. The highest BCUT2D eigenvalue weighted by molar-refractivity contribution is 6.32. The summed E-state index contributed by atoms with van der Waals surface area (Å²) in [5.74, 6) is -0.335. The molecule has 0 amide bonds. The number of ether oxygens (including phenoxy) is 1. The van der Waals surface area contributed by atoms with Gasteiger partial charge in [-0.1, -0.05) is 48.0 Å². The summed E-state index contributed by atoms with van der Waals surface area (Å²) in [5, 5.41) is 0.0734. The first-order valence-electron chi connectivity index (χ1n) is 5.87. The highest BCUT2D eigenvalue weighted by atomic mass is 35.5. The molecule has 1 heterocycles. The second-order valence-corrected chi connectivity index (χ2v) is 5.21. The van der Waals surface area contributed by atoms with Gasteiger partial charge >= 0.3 is 5.97 Å². The van der Waals surface area contributed by atoms with Gasteiger partial charge in [0.25, 0.3) is 0 Å². The van der Waals surface area contributed by atoms with Gasteiger partial charge in [0.2, 0.25) is 0 Å². The number of halogens is 2. The average Bonchev–Trinajstić information content (AvgIpc) is 2.77. The Bertz CT molecular complexity index is 640. The molecule has 0 bridgehead atoms. The zero-order valence-corrected chi connectivity index (χ0v) is 11.4. The molecular formula is C15H10Cl2O2. The first kappa shape index (κ1) is 12.5. The topological polar surface area (TPSA) is 26.3 Å². The number of esters is 1. The third-order valence-corrected chi connectivity index (χ3v) is 4.00. The second-order valence-electron chi connectivity index (χ2n) is 4.34. The van der Waals surface area contributed by atoms with E-state index >= 15 is 0 Å². The molecule has 0 N–H and O–H groups in total. The number of fused-ring (bicyclic) bond motifs is 1. The normalized spacial score (nSPS) is 18.8. The fourth-order valence-corrected chi connectivity index (χ4v) is 2.94. The van der Waals surface area contributed by atoms with Gasteiger partial charge in [0.15, 0.2) is 0 Å². The zero-order chi connectivity index (χ0) is 13.4. The summed E-state index contributed by atoms with van der Waals surface area (Å²) in [6.07, 6.45) is -0.495. The summed E-state index contributed by atoms with van der Waals surface area (Å²) in [4.78, 5) is 11.8. The number of carbonyl (C=O) groups is 1. The number of hydrogen-bond donors (Lipinski definition) is 0. The van der Waals surface area contributed by atoms with Crippen LogP contribution in [0.3, 0.4) is 0 Å². The summed E-state index contributed by atoms with van der Waals surface area (Å²) in [7, 11) is 0. The Morgan fingerprint density at radius 3 is 2.53 bits per heavy atom. The molecule has 0 aliphatic carbocycles. The maximum Gasteiger partial charge on any atom is 0.339 e. The summed E-state index contributed by atoms with van der Waals surface area (Å²) >= 11 is 12.6. The first-order valence-corrected chi connectivity index (χ1v) is 6.68. The van der Waals surface area contributed by atoms with Crippen molar-refractivity contribution in [1.29, 1.82) is 0 Å². The van der Waals surface area contributed by atoms with Crippen LogP contribution in [0.15, 0.2) is 48.5 Å². The number of hydrogen-bond acceptors (Lipinski definition) is 2.